The normalized spacial score (nSPS) is 11.8. The number of pyridine rings is 1. The molecule has 1 aromatic rings. The number of carboxylic acids is 1. The molecule has 1 amide bonds. The van der Waals surface area contributed by atoms with Gasteiger partial charge in [-0.1, -0.05) is 13.3 Å². The molecule has 0 saturated carbocycles. The fourth-order valence-electron chi connectivity index (χ4n) is 1.62. The van der Waals surface area contributed by atoms with Gasteiger partial charge < -0.3 is 16.2 Å². The number of carbonyl (C=O) groups excluding carboxylic acids is 1. The highest BCUT2D eigenvalue weighted by atomic mass is 16.4. The first-order valence-electron chi connectivity index (χ1n) is 5.77. The van der Waals surface area contributed by atoms with E-state index in [2.05, 4.69) is 10.3 Å². The van der Waals surface area contributed by atoms with Gasteiger partial charge in [0.25, 0.3) is 0 Å². The molecule has 1 heterocycles. The molecule has 1 aromatic heterocycles. The summed E-state index contributed by atoms with van der Waals surface area (Å²) in [6.45, 7) is 1.99. The van der Waals surface area contributed by atoms with E-state index >= 15 is 0 Å². The van der Waals surface area contributed by atoms with Crippen molar-refractivity contribution in [1.82, 2.24) is 4.98 Å². The van der Waals surface area contributed by atoms with E-state index in [1.54, 1.807) is 12.1 Å². The van der Waals surface area contributed by atoms with Gasteiger partial charge in [-0.25, -0.2) is 4.98 Å². The number of primary amides is 1. The highest BCUT2D eigenvalue weighted by Gasteiger charge is 2.12. The molecule has 0 aliphatic rings. The van der Waals surface area contributed by atoms with Crippen LogP contribution in [-0.2, 0) is 4.79 Å². The molecule has 0 radical (unpaired) electrons. The lowest BCUT2D eigenvalue weighted by Gasteiger charge is -2.16. The summed E-state index contributed by atoms with van der Waals surface area (Å²) in [7, 11) is 0. The fraction of sp³-hybridized carbons (Fsp3) is 0.417. The van der Waals surface area contributed by atoms with E-state index in [4.69, 9.17) is 10.8 Å². The maximum absolute atomic E-state index is 10.9. The number of nitrogens with zero attached hydrogens (tertiary/aromatic N) is 1. The van der Waals surface area contributed by atoms with E-state index in [9.17, 15) is 9.59 Å². The lowest BCUT2D eigenvalue weighted by atomic mass is 10.1. The van der Waals surface area contributed by atoms with Crippen molar-refractivity contribution in [2.75, 3.05) is 5.32 Å². The van der Waals surface area contributed by atoms with Gasteiger partial charge in [-0.15, -0.1) is 0 Å². The van der Waals surface area contributed by atoms with Crippen LogP contribution in [0.5, 0.6) is 0 Å². The molecule has 6 heteroatoms. The SMILES string of the molecule is CCCC(CC(=O)O)Nc1ccc(C(N)=O)cn1. The van der Waals surface area contributed by atoms with Gasteiger partial charge in [0.2, 0.25) is 5.91 Å². The summed E-state index contributed by atoms with van der Waals surface area (Å²) in [4.78, 5) is 25.6. The van der Waals surface area contributed by atoms with E-state index in [1.807, 2.05) is 6.92 Å². The standard InChI is InChI=1S/C12H17N3O3/c1-2-3-9(6-11(16)17)15-10-5-4-8(7-14-10)12(13)18/h4-5,7,9H,2-3,6H2,1H3,(H2,13,18)(H,14,15)(H,16,17). The quantitative estimate of drug-likeness (QED) is 0.676. The Morgan fingerprint density at radius 1 is 1.50 bits per heavy atom. The number of rotatable bonds is 7. The summed E-state index contributed by atoms with van der Waals surface area (Å²) in [5.74, 6) is -0.848. The molecule has 1 unspecified atom stereocenters. The molecular weight excluding hydrogens is 234 g/mol. The third-order valence-corrected chi connectivity index (χ3v) is 2.46. The van der Waals surface area contributed by atoms with Gasteiger partial charge >= 0.3 is 5.97 Å². The topological polar surface area (TPSA) is 105 Å². The van der Waals surface area contributed by atoms with E-state index in [-0.39, 0.29) is 12.5 Å². The molecule has 0 aliphatic carbocycles. The van der Waals surface area contributed by atoms with Crippen molar-refractivity contribution in [2.24, 2.45) is 5.73 Å². The number of aliphatic carboxylic acids is 1. The van der Waals surface area contributed by atoms with Crippen LogP contribution in [0.4, 0.5) is 5.82 Å². The second-order valence-corrected chi connectivity index (χ2v) is 4.02. The van der Waals surface area contributed by atoms with Crippen molar-refractivity contribution in [3.63, 3.8) is 0 Å². The summed E-state index contributed by atoms with van der Waals surface area (Å²) in [6, 6.07) is 3.01. The molecule has 6 nitrogen and oxygen atoms in total. The zero-order valence-corrected chi connectivity index (χ0v) is 10.2. The number of anilines is 1. The van der Waals surface area contributed by atoms with E-state index in [0.29, 0.717) is 11.4 Å². The Labute approximate surface area is 105 Å². The Bertz CT molecular complexity index is 417. The summed E-state index contributed by atoms with van der Waals surface area (Å²) in [5, 5.41) is 11.8. The Morgan fingerprint density at radius 3 is 2.67 bits per heavy atom. The lowest BCUT2D eigenvalue weighted by Crippen LogP contribution is -2.23. The third-order valence-electron chi connectivity index (χ3n) is 2.46. The summed E-state index contributed by atoms with van der Waals surface area (Å²) in [6.07, 6.45) is 3.03. The highest BCUT2D eigenvalue weighted by Crippen LogP contribution is 2.11. The predicted octanol–water partition coefficient (Wildman–Crippen LogP) is 1.24. The highest BCUT2D eigenvalue weighted by molar-refractivity contribution is 5.92. The van der Waals surface area contributed by atoms with Crippen molar-refractivity contribution >= 4 is 17.7 Å². The van der Waals surface area contributed by atoms with Crippen LogP contribution >= 0.6 is 0 Å². The molecule has 1 atom stereocenters. The molecule has 0 fully saturated rings. The molecule has 0 aliphatic heterocycles. The van der Waals surface area contributed by atoms with Gasteiger partial charge in [0.15, 0.2) is 0 Å². The molecule has 0 saturated heterocycles. The first kappa shape index (κ1) is 14.0. The van der Waals surface area contributed by atoms with Crippen LogP contribution < -0.4 is 11.1 Å². The molecule has 0 aromatic carbocycles. The summed E-state index contributed by atoms with van der Waals surface area (Å²) < 4.78 is 0. The van der Waals surface area contributed by atoms with E-state index in [0.717, 1.165) is 12.8 Å². The number of nitrogens with two attached hydrogens (primary N) is 1. The summed E-state index contributed by atoms with van der Waals surface area (Å²) >= 11 is 0. The maximum Gasteiger partial charge on any atom is 0.305 e. The molecule has 0 bridgehead atoms. The molecule has 1 rings (SSSR count). The number of aromatic nitrogens is 1. The van der Waals surface area contributed by atoms with Gasteiger partial charge in [-0.2, -0.15) is 0 Å². The van der Waals surface area contributed by atoms with Crippen LogP contribution in [0.25, 0.3) is 0 Å². The van der Waals surface area contributed by atoms with Crippen LogP contribution in [0.15, 0.2) is 18.3 Å². The van der Waals surface area contributed by atoms with Crippen LogP contribution in [0.3, 0.4) is 0 Å². The van der Waals surface area contributed by atoms with Crippen LogP contribution in [0, 0.1) is 0 Å². The predicted molar refractivity (Wildman–Crippen MR) is 67.3 cm³/mol. The molecule has 4 N–H and O–H groups in total. The van der Waals surface area contributed by atoms with Crippen molar-refractivity contribution in [1.29, 1.82) is 0 Å². The number of nitrogens with one attached hydrogen (secondary N) is 1. The monoisotopic (exact) mass is 251 g/mol. The van der Waals surface area contributed by atoms with Crippen molar-refractivity contribution in [2.45, 2.75) is 32.2 Å². The Balaban J connectivity index is 2.68. The van der Waals surface area contributed by atoms with Crippen molar-refractivity contribution in [3.05, 3.63) is 23.9 Å². The number of carboxylic acid groups (broad SMARTS) is 1. The Hall–Kier alpha value is -2.11. The minimum atomic E-state index is -0.852. The number of carbonyl (C=O) groups is 2. The van der Waals surface area contributed by atoms with Crippen molar-refractivity contribution in [3.8, 4) is 0 Å². The second kappa shape index (κ2) is 6.58. The molecule has 98 valence electrons. The first-order chi connectivity index (χ1) is 8.52. The zero-order chi connectivity index (χ0) is 13.5. The number of hydrogen-bond donors (Lipinski definition) is 3. The smallest absolute Gasteiger partial charge is 0.305 e. The molecule has 0 spiro atoms. The summed E-state index contributed by atoms with van der Waals surface area (Å²) in [5.41, 5.74) is 5.43. The Kier molecular flexibility index (Phi) is 5.10. The minimum absolute atomic E-state index is 0.0348. The third kappa shape index (κ3) is 4.40. The average Bonchev–Trinajstić information content (AvgIpc) is 2.29. The van der Waals surface area contributed by atoms with Crippen LogP contribution in [0.1, 0.15) is 36.5 Å². The van der Waals surface area contributed by atoms with Crippen LogP contribution in [-0.4, -0.2) is 28.0 Å². The molecule has 18 heavy (non-hydrogen) atoms. The second-order valence-electron chi connectivity index (χ2n) is 4.02. The van der Waals surface area contributed by atoms with Crippen LogP contribution in [0.2, 0.25) is 0 Å². The number of amides is 1. The van der Waals surface area contributed by atoms with Gasteiger partial charge in [-0.05, 0) is 18.6 Å². The van der Waals surface area contributed by atoms with E-state index < -0.39 is 11.9 Å². The fourth-order valence-corrected chi connectivity index (χ4v) is 1.62. The van der Waals surface area contributed by atoms with Gasteiger partial charge in [0.05, 0.1) is 12.0 Å². The average molecular weight is 251 g/mol. The minimum Gasteiger partial charge on any atom is -0.481 e. The lowest BCUT2D eigenvalue weighted by molar-refractivity contribution is -0.137. The largest absolute Gasteiger partial charge is 0.481 e. The van der Waals surface area contributed by atoms with E-state index in [1.165, 1.54) is 6.20 Å². The van der Waals surface area contributed by atoms with Crippen molar-refractivity contribution < 1.29 is 14.7 Å². The van der Waals surface area contributed by atoms with Gasteiger partial charge in [0.1, 0.15) is 5.82 Å². The maximum atomic E-state index is 10.9. The zero-order valence-electron chi connectivity index (χ0n) is 10.2. The van der Waals surface area contributed by atoms with Gasteiger partial charge in [-0.3, -0.25) is 9.59 Å². The Morgan fingerprint density at radius 2 is 2.22 bits per heavy atom. The number of hydrogen-bond acceptors (Lipinski definition) is 4. The van der Waals surface area contributed by atoms with Gasteiger partial charge in [0, 0.05) is 12.2 Å². The first-order valence-corrected chi connectivity index (χ1v) is 5.77. The molecular formula is C12H17N3O3.